The van der Waals surface area contributed by atoms with Gasteiger partial charge in [0, 0.05) is 17.5 Å². The van der Waals surface area contributed by atoms with Crippen LogP contribution < -0.4 is 5.73 Å². The number of nitrogens with zero attached hydrogens (tertiary/aromatic N) is 3. The van der Waals surface area contributed by atoms with Crippen LogP contribution in [-0.2, 0) is 4.79 Å². The van der Waals surface area contributed by atoms with Gasteiger partial charge in [0.05, 0.1) is 16.7 Å². The summed E-state index contributed by atoms with van der Waals surface area (Å²) < 4.78 is 0.442. The first-order valence-electron chi connectivity index (χ1n) is 4.96. The van der Waals surface area contributed by atoms with Crippen molar-refractivity contribution in [2.75, 3.05) is 0 Å². The van der Waals surface area contributed by atoms with Gasteiger partial charge in [-0.3, -0.25) is 20.3 Å². The SMILES string of the molecule is CC(=O)N(/N=C/c1c(Br)cccc1[N+](=O)[O-])C(=N)N. The van der Waals surface area contributed by atoms with E-state index in [0.717, 1.165) is 6.21 Å². The molecule has 0 saturated carbocycles. The molecule has 0 aliphatic rings. The molecule has 0 saturated heterocycles. The normalized spacial score (nSPS) is 10.4. The molecule has 0 atom stereocenters. The predicted molar refractivity (Wildman–Crippen MR) is 72.8 cm³/mol. The van der Waals surface area contributed by atoms with Crippen LogP contribution in [-0.4, -0.2) is 28.0 Å². The third-order valence-electron chi connectivity index (χ3n) is 2.06. The number of hydrazone groups is 1. The van der Waals surface area contributed by atoms with Crippen molar-refractivity contribution in [3.8, 4) is 0 Å². The second kappa shape index (κ2) is 6.05. The molecule has 3 N–H and O–H groups in total. The number of hydrogen-bond donors (Lipinski definition) is 2. The van der Waals surface area contributed by atoms with Crippen LogP contribution in [0.2, 0.25) is 0 Å². The molecule has 0 fully saturated rings. The van der Waals surface area contributed by atoms with Gasteiger partial charge in [0.25, 0.3) is 5.69 Å². The number of nitro groups is 1. The minimum absolute atomic E-state index is 0.176. The smallest absolute Gasteiger partial charge is 0.279 e. The Labute approximate surface area is 116 Å². The Morgan fingerprint density at radius 3 is 2.74 bits per heavy atom. The van der Waals surface area contributed by atoms with Gasteiger partial charge in [0.15, 0.2) is 0 Å². The van der Waals surface area contributed by atoms with E-state index in [9.17, 15) is 14.9 Å². The zero-order valence-electron chi connectivity index (χ0n) is 9.83. The second-order valence-electron chi connectivity index (χ2n) is 3.39. The molecule has 0 unspecified atom stereocenters. The molecule has 0 aromatic heterocycles. The van der Waals surface area contributed by atoms with E-state index in [0.29, 0.717) is 9.48 Å². The maximum atomic E-state index is 11.2. The lowest BCUT2D eigenvalue weighted by Crippen LogP contribution is -2.35. The average Bonchev–Trinajstić information content (AvgIpc) is 2.29. The zero-order valence-corrected chi connectivity index (χ0v) is 11.4. The summed E-state index contributed by atoms with van der Waals surface area (Å²) in [6.45, 7) is 1.17. The average molecular weight is 328 g/mol. The van der Waals surface area contributed by atoms with Gasteiger partial charge in [0.1, 0.15) is 0 Å². The first-order valence-corrected chi connectivity index (χ1v) is 5.75. The number of hydrogen-bond acceptors (Lipinski definition) is 5. The van der Waals surface area contributed by atoms with E-state index >= 15 is 0 Å². The quantitative estimate of drug-likeness (QED) is 0.377. The van der Waals surface area contributed by atoms with E-state index in [1.54, 1.807) is 6.07 Å². The van der Waals surface area contributed by atoms with Crippen LogP contribution in [0.15, 0.2) is 27.8 Å². The molecule has 0 aliphatic heterocycles. The summed E-state index contributed by atoms with van der Waals surface area (Å²) >= 11 is 3.16. The third kappa shape index (κ3) is 3.58. The molecule has 1 amide bonds. The summed E-state index contributed by atoms with van der Waals surface area (Å²) in [6.07, 6.45) is 1.10. The van der Waals surface area contributed by atoms with Crippen LogP contribution in [0.4, 0.5) is 5.69 Å². The van der Waals surface area contributed by atoms with Crippen LogP contribution >= 0.6 is 15.9 Å². The molecule has 19 heavy (non-hydrogen) atoms. The van der Waals surface area contributed by atoms with Gasteiger partial charge in [-0.25, -0.2) is 0 Å². The monoisotopic (exact) mass is 327 g/mol. The van der Waals surface area contributed by atoms with E-state index in [1.807, 2.05) is 0 Å². The summed E-state index contributed by atoms with van der Waals surface area (Å²) in [4.78, 5) is 21.4. The van der Waals surface area contributed by atoms with Crippen LogP contribution in [0.25, 0.3) is 0 Å². The summed E-state index contributed by atoms with van der Waals surface area (Å²) in [6, 6.07) is 4.41. The first kappa shape index (κ1) is 14.8. The van der Waals surface area contributed by atoms with Gasteiger partial charge in [-0.15, -0.1) is 0 Å². The van der Waals surface area contributed by atoms with Gasteiger partial charge in [-0.2, -0.15) is 10.1 Å². The largest absolute Gasteiger partial charge is 0.368 e. The van der Waals surface area contributed by atoms with Gasteiger partial charge in [-0.1, -0.05) is 6.07 Å². The molecule has 0 aliphatic carbocycles. The Hall–Kier alpha value is -2.29. The molecule has 9 heteroatoms. The highest BCUT2D eigenvalue weighted by Crippen LogP contribution is 2.24. The highest BCUT2D eigenvalue weighted by Gasteiger charge is 2.16. The third-order valence-corrected chi connectivity index (χ3v) is 2.75. The highest BCUT2D eigenvalue weighted by molar-refractivity contribution is 9.10. The maximum absolute atomic E-state index is 11.2. The Bertz CT molecular complexity index is 558. The number of rotatable bonds is 3. The van der Waals surface area contributed by atoms with E-state index in [1.165, 1.54) is 19.1 Å². The second-order valence-corrected chi connectivity index (χ2v) is 4.24. The number of halogens is 1. The number of carbonyl (C=O) groups excluding carboxylic acids is 1. The van der Waals surface area contributed by atoms with Crippen molar-refractivity contribution in [2.24, 2.45) is 10.8 Å². The summed E-state index contributed by atoms with van der Waals surface area (Å²) in [5.41, 5.74) is 5.17. The fourth-order valence-electron chi connectivity index (χ4n) is 1.24. The molecule has 8 nitrogen and oxygen atoms in total. The molecule has 0 spiro atoms. The molecule has 0 bridgehead atoms. The number of benzene rings is 1. The van der Waals surface area contributed by atoms with Crippen LogP contribution in [0.1, 0.15) is 12.5 Å². The van der Waals surface area contributed by atoms with E-state index in [4.69, 9.17) is 11.1 Å². The Balaban J connectivity index is 3.21. The standard InChI is InChI=1S/C10H10BrN5O3/c1-6(17)15(10(12)13)14-5-7-8(11)3-2-4-9(7)16(18)19/h2-5H,1H3,(H3,12,13)/b14-5+. The first-order chi connectivity index (χ1) is 8.84. The molecule has 1 rings (SSSR count). The Morgan fingerprint density at radius 2 is 2.26 bits per heavy atom. The Kier molecular flexibility index (Phi) is 4.70. The summed E-state index contributed by atoms with van der Waals surface area (Å²) in [5, 5.41) is 22.3. The molecular weight excluding hydrogens is 318 g/mol. The van der Waals surface area contributed by atoms with E-state index in [-0.39, 0.29) is 11.3 Å². The van der Waals surface area contributed by atoms with Crippen LogP contribution in [0, 0.1) is 15.5 Å². The topological polar surface area (TPSA) is 126 Å². The number of amides is 1. The highest BCUT2D eigenvalue weighted by atomic mass is 79.9. The molecule has 1 aromatic carbocycles. The lowest BCUT2D eigenvalue weighted by Gasteiger charge is -2.11. The maximum Gasteiger partial charge on any atom is 0.279 e. The lowest BCUT2D eigenvalue weighted by molar-refractivity contribution is -0.385. The number of carbonyl (C=O) groups is 1. The number of nitrogens with one attached hydrogen (secondary N) is 1. The Morgan fingerprint density at radius 1 is 1.63 bits per heavy atom. The fourth-order valence-corrected chi connectivity index (χ4v) is 1.70. The predicted octanol–water partition coefficient (Wildman–Crippen LogP) is 1.43. The summed E-state index contributed by atoms with van der Waals surface area (Å²) in [5.74, 6) is -1.14. The minimum atomic E-state index is -0.571. The molecular formula is C10H10BrN5O3. The van der Waals surface area contributed by atoms with Crippen molar-refractivity contribution >= 4 is 39.7 Å². The lowest BCUT2D eigenvalue weighted by atomic mass is 10.2. The fraction of sp³-hybridized carbons (Fsp3) is 0.100. The van der Waals surface area contributed by atoms with Gasteiger partial charge < -0.3 is 5.73 Å². The van der Waals surface area contributed by atoms with Crippen molar-refractivity contribution in [1.29, 1.82) is 5.41 Å². The van der Waals surface area contributed by atoms with Crippen LogP contribution in [0.5, 0.6) is 0 Å². The molecule has 100 valence electrons. The molecule has 1 aromatic rings. The summed E-state index contributed by atoms with van der Waals surface area (Å²) in [7, 11) is 0. The number of nitro benzene ring substituents is 1. The van der Waals surface area contributed by atoms with Crippen molar-refractivity contribution in [2.45, 2.75) is 6.92 Å². The van der Waals surface area contributed by atoms with E-state index < -0.39 is 16.8 Å². The van der Waals surface area contributed by atoms with Crippen LogP contribution in [0.3, 0.4) is 0 Å². The van der Waals surface area contributed by atoms with Gasteiger partial charge in [0.2, 0.25) is 11.9 Å². The van der Waals surface area contributed by atoms with Crippen molar-refractivity contribution < 1.29 is 9.72 Å². The minimum Gasteiger partial charge on any atom is -0.368 e. The van der Waals surface area contributed by atoms with Crippen molar-refractivity contribution in [3.05, 3.63) is 38.3 Å². The van der Waals surface area contributed by atoms with Gasteiger partial charge in [-0.05, 0) is 22.0 Å². The van der Waals surface area contributed by atoms with Gasteiger partial charge >= 0.3 is 0 Å². The van der Waals surface area contributed by atoms with E-state index in [2.05, 4.69) is 21.0 Å². The number of nitrogens with two attached hydrogens (primary N) is 1. The molecule has 0 radical (unpaired) electrons. The number of guanidine groups is 1. The zero-order chi connectivity index (χ0) is 14.6. The van der Waals surface area contributed by atoms with Crippen molar-refractivity contribution in [3.63, 3.8) is 0 Å². The molecule has 0 heterocycles. The van der Waals surface area contributed by atoms with Crippen molar-refractivity contribution in [1.82, 2.24) is 5.01 Å².